The number of nitrogens with two attached hydrogens (primary N) is 1. The van der Waals surface area contributed by atoms with Gasteiger partial charge in [-0.05, 0) is 18.2 Å². The summed E-state index contributed by atoms with van der Waals surface area (Å²) in [7, 11) is 2.67. The Morgan fingerprint density at radius 3 is 2.23 bits per heavy atom. The minimum absolute atomic E-state index is 0. The number of carbonyl (C=O) groups excluding carboxylic acids is 3. The quantitative estimate of drug-likeness (QED) is 0.292. The minimum atomic E-state index is -0.400. The standard InChI is InChI=1S/C10H12N2O3.C7H7NO2.HI/c1-15-10(14)8-3-2-5-12(7-8)6-4-9(11)13;1-10-7(9)6-3-2-4-8-5-6;/h2-3,5,7H,4,6H2,1H3,(H-,11,13);2-5H,1H3;1H. The number of nitrogens with zero attached hydrogens (tertiary/aromatic N) is 2. The first-order valence-electron chi connectivity index (χ1n) is 7.32. The molecule has 2 rings (SSSR count). The van der Waals surface area contributed by atoms with Crippen molar-refractivity contribution in [2.75, 3.05) is 14.2 Å². The van der Waals surface area contributed by atoms with Crippen LogP contribution < -0.4 is 34.3 Å². The first kappa shape index (κ1) is 23.4. The van der Waals surface area contributed by atoms with E-state index in [-0.39, 0.29) is 42.3 Å². The number of pyridine rings is 2. The van der Waals surface area contributed by atoms with Crippen molar-refractivity contribution in [1.29, 1.82) is 0 Å². The van der Waals surface area contributed by atoms with Crippen LogP contribution in [-0.4, -0.2) is 37.0 Å². The minimum Gasteiger partial charge on any atom is -1.00 e. The van der Waals surface area contributed by atoms with Crippen molar-refractivity contribution in [1.82, 2.24) is 4.98 Å². The van der Waals surface area contributed by atoms with Crippen molar-refractivity contribution in [3.63, 3.8) is 0 Å². The molecule has 2 aromatic heterocycles. The van der Waals surface area contributed by atoms with Crippen LogP contribution in [0.4, 0.5) is 0 Å². The molecule has 0 aliphatic heterocycles. The van der Waals surface area contributed by atoms with E-state index in [4.69, 9.17) is 5.73 Å². The number of ether oxygens (including phenoxy) is 2. The number of aryl methyl sites for hydroxylation is 1. The van der Waals surface area contributed by atoms with Crippen molar-refractivity contribution < 1.29 is 52.4 Å². The first-order chi connectivity index (χ1) is 12.0. The molecule has 0 saturated carbocycles. The molecule has 0 unspecified atom stereocenters. The van der Waals surface area contributed by atoms with Crippen LogP contribution in [0.15, 0.2) is 49.1 Å². The molecular weight excluding hydrogens is 453 g/mol. The molecule has 0 aromatic carbocycles. The zero-order chi connectivity index (χ0) is 18.7. The molecule has 0 saturated heterocycles. The number of halogens is 1. The van der Waals surface area contributed by atoms with Crippen LogP contribution in [0.5, 0.6) is 0 Å². The van der Waals surface area contributed by atoms with E-state index in [1.807, 2.05) is 0 Å². The third kappa shape index (κ3) is 8.51. The number of amides is 1. The normalized spacial score (nSPS) is 9.00. The molecule has 0 spiro atoms. The summed E-state index contributed by atoms with van der Waals surface area (Å²) in [5.41, 5.74) is 5.95. The summed E-state index contributed by atoms with van der Waals surface area (Å²) >= 11 is 0. The Balaban J connectivity index is 0.000000497. The maximum atomic E-state index is 11.2. The van der Waals surface area contributed by atoms with E-state index in [0.29, 0.717) is 17.7 Å². The lowest BCUT2D eigenvalue weighted by molar-refractivity contribution is -0.695. The fourth-order valence-corrected chi connectivity index (χ4v) is 1.74. The predicted octanol–water partition coefficient (Wildman–Crippen LogP) is -2.49. The van der Waals surface area contributed by atoms with Gasteiger partial charge in [-0.15, -0.1) is 0 Å². The second-order valence-electron chi connectivity index (χ2n) is 4.77. The fourth-order valence-electron chi connectivity index (χ4n) is 1.74. The molecular formula is C17H20IN3O5. The first-order valence-corrected chi connectivity index (χ1v) is 7.32. The Morgan fingerprint density at radius 1 is 1.08 bits per heavy atom. The zero-order valence-electron chi connectivity index (χ0n) is 14.4. The van der Waals surface area contributed by atoms with Gasteiger partial charge in [-0.25, -0.2) is 14.2 Å². The number of rotatable bonds is 5. The van der Waals surface area contributed by atoms with E-state index in [1.165, 1.54) is 20.4 Å². The number of primary amides is 1. The largest absolute Gasteiger partial charge is 1.00 e. The molecule has 0 bridgehead atoms. The zero-order valence-corrected chi connectivity index (χ0v) is 16.6. The number of esters is 2. The average Bonchev–Trinajstić information content (AvgIpc) is 2.66. The lowest BCUT2D eigenvalue weighted by atomic mass is 10.3. The average molecular weight is 473 g/mol. The van der Waals surface area contributed by atoms with Gasteiger partial charge in [0.25, 0.3) is 0 Å². The SMILES string of the molecule is COC(=O)c1ccc[n+](CCC(N)=O)c1.COC(=O)c1cccnc1.[I-]. The van der Waals surface area contributed by atoms with Crippen LogP contribution in [0.2, 0.25) is 0 Å². The maximum Gasteiger partial charge on any atom is 0.343 e. The Hall–Kier alpha value is -2.56. The van der Waals surface area contributed by atoms with Crippen LogP contribution in [0.3, 0.4) is 0 Å². The van der Waals surface area contributed by atoms with Crippen molar-refractivity contribution >= 4 is 17.8 Å². The molecule has 2 aromatic rings. The predicted molar refractivity (Wildman–Crippen MR) is 87.4 cm³/mol. The van der Waals surface area contributed by atoms with Crippen LogP contribution in [0, 0.1) is 0 Å². The highest BCUT2D eigenvalue weighted by molar-refractivity contribution is 5.89. The molecule has 9 heteroatoms. The Morgan fingerprint density at radius 2 is 1.69 bits per heavy atom. The van der Waals surface area contributed by atoms with Gasteiger partial charge in [0, 0.05) is 18.5 Å². The van der Waals surface area contributed by atoms with E-state index in [9.17, 15) is 14.4 Å². The van der Waals surface area contributed by atoms with Crippen molar-refractivity contribution in [2.45, 2.75) is 13.0 Å². The van der Waals surface area contributed by atoms with Crippen LogP contribution in [0.1, 0.15) is 27.1 Å². The van der Waals surface area contributed by atoms with E-state index in [1.54, 1.807) is 47.4 Å². The second kappa shape index (κ2) is 12.8. The van der Waals surface area contributed by atoms with Gasteiger partial charge in [-0.2, -0.15) is 0 Å². The molecule has 8 nitrogen and oxygen atoms in total. The molecule has 0 fully saturated rings. The highest BCUT2D eigenvalue weighted by Gasteiger charge is 2.10. The fraction of sp³-hybridized carbons (Fsp3) is 0.235. The molecule has 0 atom stereocenters. The molecule has 140 valence electrons. The summed E-state index contributed by atoms with van der Waals surface area (Å²) in [6.45, 7) is 0.458. The Kier molecular flexibility index (Phi) is 11.5. The van der Waals surface area contributed by atoms with Crippen LogP contribution in [-0.2, 0) is 20.8 Å². The third-order valence-corrected chi connectivity index (χ3v) is 2.98. The van der Waals surface area contributed by atoms with Gasteiger partial charge in [0.05, 0.1) is 26.2 Å². The lowest BCUT2D eigenvalue weighted by Crippen LogP contribution is -3.00. The number of hydrogen-bond acceptors (Lipinski definition) is 6. The Labute approximate surface area is 168 Å². The Bertz CT molecular complexity index is 725. The molecule has 1 amide bonds. The van der Waals surface area contributed by atoms with Gasteiger partial charge < -0.3 is 39.2 Å². The van der Waals surface area contributed by atoms with E-state index in [2.05, 4.69) is 14.5 Å². The van der Waals surface area contributed by atoms with E-state index < -0.39 is 5.97 Å². The van der Waals surface area contributed by atoms with Crippen LogP contribution >= 0.6 is 0 Å². The summed E-state index contributed by atoms with van der Waals surface area (Å²) in [6, 6.07) is 6.70. The maximum absolute atomic E-state index is 11.2. The van der Waals surface area contributed by atoms with Gasteiger partial charge in [-0.1, -0.05) is 0 Å². The smallest absolute Gasteiger partial charge is 0.343 e. The van der Waals surface area contributed by atoms with Gasteiger partial charge >= 0.3 is 11.9 Å². The molecule has 0 aliphatic carbocycles. The second-order valence-corrected chi connectivity index (χ2v) is 4.77. The topological polar surface area (TPSA) is 112 Å². The molecule has 2 heterocycles. The van der Waals surface area contributed by atoms with Crippen LogP contribution in [0.25, 0.3) is 0 Å². The summed E-state index contributed by atoms with van der Waals surface area (Å²) in [5, 5.41) is 0. The van der Waals surface area contributed by atoms with Gasteiger partial charge in [0.1, 0.15) is 5.56 Å². The third-order valence-electron chi connectivity index (χ3n) is 2.98. The van der Waals surface area contributed by atoms with E-state index in [0.717, 1.165) is 0 Å². The van der Waals surface area contributed by atoms with Crippen molar-refractivity contribution in [3.05, 3.63) is 60.2 Å². The number of methoxy groups -OCH3 is 2. The van der Waals surface area contributed by atoms with Crippen molar-refractivity contribution in [2.24, 2.45) is 5.73 Å². The van der Waals surface area contributed by atoms with Gasteiger partial charge in [0.15, 0.2) is 18.9 Å². The summed E-state index contributed by atoms with van der Waals surface area (Å²) < 4.78 is 10.7. The summed E-state index contributed by atoms with van der Waals surface area (Å²) in [4.78, 5) is 36.2. The molecule has 0 radical (unpaired) electrons. The van der Waals surface area contributed by atoms with Crippen molar-refractivity contribution in [3.8, 4) is 0 Å². The monoisotopic (exact) mass is 473 g/mol. The molecule has 2 N–H and O–H groups in total. The number of carbonyl (C=O) groups is 3. The number of hydrogen-bond donors (Lipinski definition) is 1. The molecule has 0 aliphatic rings. The summed E-state index contributed by atoms with van der Waals surface area (Å²) in [6.07, 6.45) is 6.69. The van der Waals surface area contributed by atoms with E-state index >= 15 is 0 Å². The van der Waals surface area contributed by atoms with Gasteiger partial charge in [-0.3, -0.25) is 9.78 Å². The lowest BCUT2D eigenvalue weighted by Gasteiger charge is -1.98. The number of aromatic nitrogens is 2. The van der Waals surface area contributed by atoms with Gasteiger partial charge in [0.2, 0.25) is 5.91 Å². The molecule has 26 heavy (non-hydrogen) atoms. The highest BCUT2D eigenvalue weighted by atomic mass is 127. The summed E-state index contributed by atoms with van der Waals surface area (Å²) in [5.74, 6) is -1.12. The highest BCUT2D eigenvalue weighted by Crippen LogP contribution is 1.97.